The van der Waals surface area contributed by atoms with Gasteiger partial charge >= 0.3 is 0 Å². The monoisotopic (exact) mass is 529 g/mol. The van der Waals surface area contributed by atoms with E-state index in [9.17, 15) is 4.79 Å². The van der Waals surface area contributed by atoms with Crippen LogP contribution in [0.3, 0.4) is 0 Å². The maximum absolute atomic E-state index is 12.6. The van der Waals surface area contributed by atoms with E-state index in [0.29, 0.717) is 58.5 Å². The highest BCUT2D eigenvalue weighted by atomic mass is 35.5. The van der Waals surface area contributed by atoms with Gasteiger partial charge in [0.15, 0.2) is 17.3 Å². The fourth-order valence-electron chi connectivity index (χ4n) is 3.41. The molecule has 2 heterocycles. The number of hydrogen-bond acceptors (Lipinski definition) is 6. The second-order valence-corrected chi connectivity index (χ2v) is 8.42. The zero-order valence-corrected chi connectivity index (χ0v) is 21.3. The molecule has 2 aromatic carbocycles. The number of furan rings is 1. The summed E-state index contributed by atoms with van der Waals surface area (Å²) < 4.78 is 24.3. The minimum absolute atomic E-state index is 0.0943. The molecule has 0 saturated carbocycles. The number of carbonyl (C=O) groups is 1. The van der Waals surface area contributed by atoms with E-state index in [1.807, 2.05) is 32.0 Å². The van der Waals surface area contributed by atoms with Gasteiger partial charge in [0.1, 0.15) is 23.1 Å². The molecule has 0 spiro atoms. The van der Waals surface area contributed by atoms with Crippen LogP contribution >= 0.6 is 23.2 Å². The highest BCUT2D eigenvalue weighted by Crippen LogP contribution is 2.32. The summed E-state index contributed by atoms with van der Waals surface area (Å²) >= 11 is 12.1. The van der Waals surface area contributed by atoms with Gasteiger partial charge in [0, 0.05) is 6.20 Å². The van der Waals surface area contributed by atoms with Gasteiger partial charge in [-0.25, -0.2) is 0 Å². The Balaban J connectivity index is 1.35. The number of amides is 1. The number of nitrogens with one attached hydrogen (secondary N) is 1. The van der Waals surface area contributed by atoms with Crippen molar-refractivity contribution in [3.63, 3.8) is 0 Å². The first-order chi connectivity index (χ1) is 17.5. The second kappa shape index (κ2) is 11.9. The molecule has 4 aromatic rings. The Hall–Kier alpha value is -3.62. The van der Waals surface area contributed by atoms with E-state index in [-0.39, 0.29) is 12.4 Å². The van der Waals surface area contributed by atoms with Gasteiger partial charge < -0.3 is 23.9 Å². The van der Waals surface area contributed by atoms with Gasteiger partial charge in [-0.1, -0.05) is 35.3 Å². The van der Waals surface area contributed by atoms with E-state index < -0.39 is 5.91 Å². The molecular weight excluding hydrogens is 505 g/mol. The summed E-state index contributed by atoms with van der Waals surface area (Å²) in [6, 6.07) is 14.1. The lowest BCUT2D eigenvalue weighted by atomic mass is 10.2. The number of rotatable bonds is 11. The molecule has 0 aliphatic rings. The summed E-state index contributed by atoms with van der Waals surface area (Å²) in [6.45, 7) is 5.54. The summed E-state index contributed by atoms with van der Waals surface area (Å²) in [5.41, 5.74) is 1.52. The smallest absolute Gasteiger partial charge is 0.291 e. The average molecular weight is 530 g/mol. The number of carbonyl (C=O) groups excluding carboxylic acids is 1. The van der Waals surface area contributed by atoms with Gasteiger partial charge in [0.2, 0.25) is 0 Å². The van der Waals surface area contributed by atoms with E-state index in [0.717, 1.165) is 5.56 Å². The number of nitrogens with zero attached hydrogens (tertiary/aromatic N) is 2. The van der Waals surface area contributed by atoms with Crippen molar-refractivity contribution in [1.82, 2.24) is 9.78 Å². The van der Waals surface area contributed by atoms with Crippen molar-refractivity contribution in [3.8, 4) is 17.2 Å². The lowest BCUT2D eigenvalue weighted by Crippen LogP contribution is -2.10. The van der Waals surface area contributed by atoms with Crippen LogP contribution in [-0.4, -0.2) is 28.9 Å². The summed E-state index contributed by atoms with van der Waals surface area (Å²) in [4.78, 5) is 12.6. The molecule has 36 heavy (non-hydrogen) atoms. The SMILES string of the molecule is CCOc1ccc(Cn2cc(NC(=O)c3ccc(COc4cccc(Cl)c4Cl)o3)cn2)cc1OCC. The van der Waals surface area contributed by atoms with Crippen molar-refractivity contribution >= 4 is 34.8 Å². The molecule has 0 bridgehead atoms. The minimum atomic E-state index is -0.402. The number of halogens is 2. The third-order valence-corrected chi connectivity index (χ3v) is 5.82. The molecule has 0 saturated heterocycles. The summed E-state index contributed by atoms with van der Waals surface area (Å²) in [7, 11) is 0. The highest BCUT2D eigenvalue weighted by molar-refractivity contribution is 6.42. The van der Waals surface area contributed by atoms with E-state index in [1.54, 1.807) is 47.4 Å². The molecule has 2 aromatic heterocycles. The van der Waals surface area contributed by atoms with Crippen molar-refractivity contribution in [3.05, 3.63) is 88.1 Å². The predicted octanol–water partition coefficient (Wildman–Crippen LogP) is 6.46. The summed E-state index contributed by atoms with van der Waals surface area (Å²) in [5.74, 6) is 2.03. The van der Waals surface area contributed by atoms with Crippen molar-refractivity contribution in [2.75, 3.05) is 18.5 Å². The Morgan fingerprint density at radius 2 is 1.81 bits per heavy atom. The van der Waals surface area contributed by atoms with Gasteiger partial charge in [0.05, 0.1) is 36.7 Å². The van der Waals surface area contributed by atoms with E-state index in [2.05, 4.69) is 10.4 Å². The van der Waals surface area contributed by atoms with Crippen molar-refractivity contribution in [2.45, 2.75) is 27.0 Å². The molecule has 4 rings (SSSR count). The van der Waals surface area contributed by atoms with Crippen molar-refractivity contribution in [1.29, 1.82) is 0 Å². The Morgan fingerprint density at radius 1 is 1.00 bits per heavy atom. The molecule has 0 unspecified atom stereocenters. The average Bonchev–Trinajstić information content (AvgIpc) is 3.52. The van der Waals surface area contributed by atoms with Crippen LogP contribution in [-0.2, 0) is 13.2 Å². The number of ether oxygens (including phenoxy) is 3. The third-order valence-electron chi connectivity index (χ3n) is 5.02. The zero-order chi connectivity index (χ0) is 25.5. The van der Waals surface area contributed by atoms with Crippen LogP contribution in [0.4, 0.5) is 5.69 Å². The van der Waals surface area contributed by atoms with Gasteiger partial charge in [-0.15, -0.1) is 0 Å². The molecule has 0 fully saturated rings. The van der Waals surface area contributed by atoms with Gasteiger partial charge in [-0.05, 0) is 55.8 Å². The van der Waals surface area contributed by atoms with Crippen molar-refractivity contribution < 1.29 is 23.4 Å². The first kappa shape index (κ1) is 25.5. The van der Waals surface area contributed by atoms with Gasteiger partial charge in [-0.2, -0.15) is 5.10 Å². The van der Waals surface area contributed by atoms with Crippen LogP contribution in [0.2, 0.25) is 10.0 Å². The van der Waals surface area contributed by atoms with Crippen LogP contribution in [0.25, 0.3) is 0 Å². The Bertz CT molecular complexity index is 1330. The third kappa shape index (κ3) is 6.33. The molecule has 0 aliphatic heterocycles. The Morgan fingerprint density at radius 3 is 2.61 bits per heavy atom. The topological polar surface area (TPSA) is 87.8 Å². The first-order valence-corrected chi connectivity index (χ1v) is 12.1. The Labute approximate surface area is 218 Å². The maximum atomic E-state index is 12.6. The molecule has 1 amide bonds. The molecule has 0 aliphatic carbocycles. The minimum Gasteiger partial charge on any atom is -0.490 e. The van der Waals surface area contributed by atoms with Crippen LogP contribution in [0.5, 0.6) is 17.2 Å². The molecule has 1 N–H and O–H groups in total. The van der Waals surface area contributed by atoms with Crippen LogP contribution in [0.15, 0.2) is 65.3 Å². The van der Waals surface area contributed by atoms with Crippen molar-refractivity contribution in [2.24, 2.45) is 0 Å². The first-order valence-electron chi connectivity index (χ1n) is 11.3. The fraction of sp³-hybridized carbons (Fsp3) is 0.231. The van der Waals surface area contributed by atoms with E-state index >= 15 is 0 Å². The second-order valence-electron chi connectivity index (χ2n) is 7.63. The van der Waals surface area contributed by atoms with E-state index in [1.165, 1.54) is 0 Å². The molecular formula is C26H25Cl2N3O5. The van der Waals surface area contributed by atoms with Crippen LogP contribution < -0.4 is 19.5 Å². The molecule has 0 atom stereocenters. The predicted molar refractivity (Wildman–Crippen MR) is 138 cm³/mol. The number of anilines is 1. The van der Waals surface area contributed by atoms with Gasteiger partial charge in [-0.3, -0.25) is 9.48 Å². The highest BCUT2D eigenvalue weighted by Gasteiger charge is 2.14. The van der Waals surface area contributed by atoms with Crippen LogP contribution in [0, 0.1) is 0 Å². The summed E-state index contributed by atoms with van der Waals surface area (Å²) in [5, 5.41) is 7.83. The van der Waals surface area contributed by atoms with Gasteiger partial charge in [0.25, 0.3) is 5.91 Å². The lowest BCUT2D eigenvalue weighted by molar-refractivity contribution is 0.0992. The normalized spacial score (nSPS) is 10.8. The largest absolute Gasteiger partial charge is 0.490 e. The number of hydrogen-bond donors (Lipinski definition) is 1. The lowest BCUT2D eigenvalue weighted by Gasteiger charge is -2.12. The quantitative estimate of drug-likeness (QED) is 0.240. The fourth-order valence-corrected chi connectivity index (χ4v) is 3.76. The number of benzene rings is 2. The molecule has 8 nitrogen and oxygen atoms in total. The molecule has 188 valence electrons. The molecule has 10 heteroatoms. The Kier molecular flexibility index (Phi) is 8.40. The maximum Gasteiger partial charge on any atom is 0.291 e. The van der Waals surface area contributed by atoms with Crippen LogP contribution in [0.1, 0.15) is 35.7 Å². The summed E-state index contributed by atoms with van der Waals surface area (Å²) in [6.07, 6.45) is 3.31. The van der Waals surface area contributed by atoms with E-state index in [4.69, 9.17) is 41.8 Å². The molecule has 0 radical (unpaired) electrons. The number of aromatic nitrogens is 2. The standard InChI is InChI=1S/C26H25Cl2N3O5/c1-3-33-21-10-8-17(12-24(21)34-4-2)14-31-15-18(13-29-31)30-26(32)23-11-9-19(36-23)16-35-22-7-5-6-20(27)25(22)28/h5-13,15H,3-4,14,16H2,1-2H3,(H,30,32). The zero-order valence-electron chi connectivity index (χ0n) is 19.8.